The van der Waals surface area contributed by atoms with Gasteiger partial charge in [0.15, 0.2) is 0 Å². The van der Waals surface area contributed by atoms with Crippen molar-refractivity contribution >= 4 is 21.6 Å². The molecule has 0 spiro atoms. The topological polar surface area (TPSA) is 72.2 Å². The first-order chi connectivity index (χ1) is 9.67. The molecule has 21 heavy (non-hydrogen) atoms. The van der Waals surface area contributed by atoms with Crippen LogP contribution < -0.4 is 10.5 Å². The summed E-state index contributed by atoms with van der Waals surface area (Å²) in [7, 11) is -3.96. The van der Waals surface area contributed by atoms with Crippen LogP contribution in [0.5, 0.6) is 0 Å². The molecule has 1 aromatic carbocycles. The zero-order valence-corrected chi connectivity index (χ0v) is 14.1. The Labute approximate surface area is 130 Å². The lowest BCUT2D eigenvalue weighted by Gasteiger charge is -2.16. The van der Waals surface area contributed by atoms with E-state index in [0.717, 1.165) is 12.5 Å². The van der Waals surface area contributed by atoms with Crippen molar-refractivity contribution in [3.63, 3.8) is 0 Å². The summed E-state index contributed by atoms with van der Waals surface area (Å²) in [6, 6.07) is 2.16. The summed E-state index contributed by atoms with van der Waals surface area (Å²) in [5.74, 6) is -0.367. The van der Waals surface area contributed by atoms with Gasteiger partial charge in [-0.15, -0.1) is 0 Å². The minimum absolute atomic E-state index is 0.0812. The molecule has 0 aliphatic heterocycles. The average Bonchev–Trinajstić information content (AvgIpc) is 2.38. The summed E-state index contributed by atoms with van der Waals surface area (Å²) >= 11 is 5.83. The van der Waals surface area contributed by atoms with E-state index < -0.39 is 20.7 Å². The van der Waals surface area contributed by atoms with E-state index in [9.17, 15) is 12.8 Å². The Morgan fingerprint density at radius 1 is 1.29 bits per heavy atom. The van der Waals surface area contributed by atoms with Crippen LogP contribution in [0.3, 0.4) is 0 Å². The predicted molar refractivity (Wildman–Crippen MR) is 83.2 cm³/mol. The summed E-state index contributed by atoms with van der Waals surface area (Å²) in [6.07, 6.45) is 1.57. The van der Waals surface area contributed by atoms with E-state index in [1.54, 1.807) is 6.92 Å². The first-order valence-electron chi connectivity index (χ1n) is 6.87. The molecule has 0 bridgehead atoms. The lowest BCUT2D eigenvalue weighted by atomic mass is 10.1. The number of nitrogens with two attached hydrogens (primary N) is 1. The fourth-order valence-corrected chi connectivity index (χ4v) is 3.66. The zero-order chi connectivity index (χ0) is 16.2. The molecule has 0 amide bonds. The second-order valence-corrected chi connectivity index (χ2v) is 7.69. The molecule has 0 saturated heterocycles. The standard InChI is InChI=1S/C14H22ClFN2O2S/c1-9(2)4-5-10(3)18-21(19,20)13-7-12(15)6-11(8-17)14(13)16/h6-7,9-10,18H,4-5,8,17H2,1-3H3. The summed E-state index contributed by atoms with van der Waals surface area (Å²) in [5, 5.41) is 0.145. The maximum absolute atomic E-state index is 14.2. The van der Waals surface area contributed by atoms with Crippen LogP contribution in [0.2, 0.25) is 5.02 Å². The normalized spacial score (nSPS) is 13.7. The first-order valence-corrected chi connectivity index (χ1v) is 8.73. The molecule has 0 radical (unpaired) electrons. The number of benzene rings is 1. The Bertz CT molecular complexity index is 591. The minimum atomic E-state index is -3.96. The molecule has 0 fully saturated rings. The van der Waals surface area contributed by atoms with Gasteiger partial charge in [-0.05, 0) is 37.8 Å². The van der Waals surface area contributed by atoms with Gasteiger partial charge in [0.1, 0.15) is 10.7 Å². The molecule has 0 heterocycles. The van der Waals surface area contributed by atoms with Gasteiger partial charge in [-0.25, -0.2) is 17.5 Å². The number of hydrogen-bond donors (Lipinski definition) is 2. The molecule has 3 N–H and O–H groups in total. The van der Waals surface area contributed by atoms with Gasteiger partial charge < -0.3 is 5.73 Å². The Morgan fingerprint density at radius 2 is 1.90 bits per heavy atom. The largest absolute Gasteiger partial charge is 0.326 e. The second kappa shape index (κ2) is 7.54. The van der Waals surface area contributed by atoms with E-state index in [2.05, 4.69) is 18.6 Å². The van der Waals surface area contributed by atoms with Crippen LogP contribution in [0.25, 0.3) is 0 Å². The van der Waals surface area contributed by atoms with Crippen molar-refractivity contribution in [2.24, 2.45) is 11.7 Å². The summed E-state index contributed by atoms with van der Waals surface area (Å²) in [4.78, 5) is -0.452. The third-order valence-corrected chi connectivity index (χ3v) is 4.93. The molecule has 1 atom stereocenters. The lowest BCUT2D eigenvalue weighted by Crippen LogP contribution is -2.33. The van der Waals surface area contributed by atoms with Crippen LogP contribution in [0.1, 0.15) is 39.2 Å². The van der Waals surface area contributed by atoms with Crippen molar-refractivity contribution in [1.82, 2.24) is 4.72 Å². The number of rotatable bonds is 7. The second-order valence-electron chi connectivity index (χ2n) is 5.57. The highest BCUT2D eigenvalue weighted by molar-refractivity contribution is 7.89. The van der Waals surface area contributed by atoms with Gasteiger partial charge in [0.2, 0.25) is 10.0 Å². The van der Waals surface area contributed by atoms with Gasteiger partial charge in [0.05, 0.1) is 0 Å². The fourth-order valence-electron chi connectivity index (χ4n) is 1.93. The SMILES string of the molecule is CC(C)CCC(C)NS(=O)(=O)c1cc(Cl)cc(CN)c1F. The van der Waals surface area contributed by atoms with Gasteiger partial charge in [-0.2, -0.15) is 0 Å². The van der Waals surface area contributed by atoms with Crippen molar-refractivity contribution in [2.45, 2.75) is 51.1 Å². The number of halogens is 2. The Kier molecular flexibility index (Phi) is 6.59. The quantitative estimate of drug-likeness (QED) is 0.803. The zero-order valence-electron chi connectivity index (χ0n) is 12.5. The Morgan fingerprint density at radius 3 is 2.43 bits per heavy atom. The van der Waals surface area contributed by atoms with Crippen LogP contribution in [-0.4, -0.2) is 14.5 Å². The maximum Gasteiger partial charge on any atom is 0.243 e. The molecule has 0 aliphatic carbocycles. The summed E-state index contributed by atoms with van der Waals surface area (Å²) < 4.78 is 41.2. The highest BCUT2D eigenvalue weighted by Crippen LogP contribution is 2.24. The van der Waals surface area contributed by atoms with Crippen molar-refractivity contribution in [1.29, 1.82) is 0 Å². The molecular weight excluding hydrogens is 315 g/mol. The van der Waals surface area contributed by atoms with E-state index in [1.165, 1.54) is 6.07 Å². The number of hydrogen-bond acceptors (Lipinski definition) is 3. The Balaban J connectivity index is 3.00. The highest BCUT2D eigenvalue weighted by Gasteiger charge is 2.24. The van der Waals surface area contributed by atoms with E-state index in [-0.39, 0.29) is 23.2 Å². The molecule has 0 aliphatic rings. The summed E-state index contributed by atoms with van der Waals surface area (Å²) in [5.41, 5.74) is 5.48. The van der Waals surface area contributed by atoms with Gasteiger partial charge >= 0.3 is 0 Å². The fraction of sp³-hybridized carbons (Fsp3) is 0.571. The molecule has 4 nitrogen and oxygen atoms in total. The van der Waals surface area contributed by atoms with E-state index >= 15 is 0 Å². The van der Waals surface area contributed by atoms with E-state index in [0.29, 0.717) is 12.3 Å². The third-order valence-electron chi connectivity index (χ3n) is 3.12. The summed E-state index contributed by atoms with van der Waals surface area (Å²) in [6.45, 7) is 5.76. The van der Waals surface area contributed by atoms with Gasteiger partial charge in [0.25, 0.3) is 0 Å². The van der Waals surface area contributed by atoms with Crippen molar-refractivity contribution in [2.75, 3.05) is 0 Å². The molecule has 1 aromatic rings. The van der Waals surface area contributed by atoms with Gasteiger partial charge in [0, 0.05) is 23.2 Å². The van der Waals surface area contributed by atoms with Crippen LogP contribution in [0.4, 0.5) is 4.39 Å². The van der Waals surface area contributed by atoms with Gasteiger partial charge in [-0.1, -0.05) is 25.4 Å². The van der Waals surface area contributed by atoms with Crippen LogP contribution in [0, 0.1) is 11.7 Å². The van der Waals surface area contributed by atoms with E-state index in [1.807, 2.05) is 0 Å². The maximum atomic E-state index is 14.2. The van der Waals surface area contributed by atoms with Crippen LogP contribution >= 0.6 is 11.6 Å². The monoisotopic (exact) mass is 336 g/mol. The molecule has 7 heteroatoms. The average molecular weight is 337 g/mol. The molecule has 0 aromatic heterocycles. The molecule has 120 valence electrons. The lowest BCUT2D eigenvalue weighted by molar-refractivity contribution is 0.482. The highest BCUT2D eigenvalue weighted by atomic mass is 35.5. The van der Waals surface area contributed by atoms with Gasteiger partial charge in [-0.3, -0.25) is 0 Å². The molecule has 1 rings (SSSR count). The van der Waals surface area contributed by atoms with Crippen LogP contribution in [0.15, 0.2) is 17.0 Å². The smallest absolute Gasteiger partial charge is 0.243 e. The number of nitrogens with one attached hydrogen (secondary N) is 1. The van der Waals surface area contributed by atoms with Crippen LogP contribution in [-0.2, 0) is 16.6 Å². The molecule has 0 saturated carbocycles. The van der Waals surface area contributed by atoms with Crippen molar-refractivity contribution < 1.29 is 12.8 Å². The van der Waals surface area contributed by atoms with Crippen molar-refractivity contribution in [3.05, 3.63) is 28.5 Å². The first kappa shape index (κ1) is 18.4. The molecule has 1 unspecified atom stereocenters. The minimum Gasteiger partial charge on any atom is -0.326 e. The van der Waals surface area contributed by atoms with Crippen molar-refractivity contribution in [3.8, 4) is 0 Å². The predicted octanol–water partition coefficient (Wildman–Crippen LogP) is 3.04. The third kappa shape index (κ3) is 5.21. The van der Waals surface area contributed by atoms with E-state index in [4.69, 9.17) is 17.3 Å². The number of sulfonamides is 1. The Hall–Kier alpha value is -0.690. The molecular formula is C14H22ClFN2O2S.